The molecule has 0 unspecified atom stereocenters. The van der Waals surface area contributed by atoms with Crippen molar-refractivity contribution in [1.82, 2.24) is 0 Å². The van der Waals surface area contributed by atoms with Crippen LogP contribution in [0.3, 0.4) is 0 Å². The molecule has 0 aliphatic carbocycles. The fraction of sp³-hybridized carbons (Fsp3) is 0.300. The highest BCUT2D eigenvalue weighted by atomic mass is 32.2. The van der Waals surface area contributed by atoms with Crippen LogP contribution in [0.25, 0.3) is 0 Å². The van der Waals surface area contributed by atoms with Gasteiger partial charge in [0.05, 0.1) is 0 Å². The first kappa shape index (κ1) is 19.1. The Morgan fingerprint density at radius 2 is 1.20 bits per heavy atom. The maximum atomic E-state index is 11.1. The van der Waals surface area contributed by atoms with Gasteiger partial charge in [-0.05, 0) is 60.4 Å². The third kappa shape index (κ3) is 5.36. The Balaban J connectivity index is 2.29. The summed E-state index contributed by atoms with van der Waals surface area (Å²) in [6.07, 6.45) is 1.68. The molecule has 0 radical (unpaired) electrons. The fourth-order valence-corrected chi connectivity index (χ4v) is 3.62. The maximum Gasteiger partial charge on any atom is 0.308 e. The summed E-state index contributed by atoms with van der Waals surface area (Å²) < 4.78 is 10.3. The van der Waals surface area contributed by atoms with Gasteiger partial charge in [0.15, 0.2) is 0 Å². The Bertz CT molecular complexity index is 718. The number of aryl methyl sites for hydroxylation is 2. The monoisotopic (exact) mass is 358 g/mol. The molecule has 132 valence electrons. The van der Waals surface area contributed by atoms with Crippen molar-refractivity contribution in [3.05, 3.63) is 47.5 Å². The summed E-state index contributed by atoms with van der Waals surface area (Å²) in [4.78, 5) is 24.5. The minimum absolute atomic E-state index is 0.322. The summed E-state index contributed by atoms with van der Waals surface area (Å²) >= 11 is 1.66. The minimum atomic E-state index is -0.322. The third-order valence-electron chi connectivity index (χ3n) is 3.57. The molecule has 0 saturated heterocycles. The van der Waals surface area contributed by atoms with Gasteiger partial charge in [-0.2, -0.15) is 0 Å². The number of carbonyl (C=O) groups is 2. The van der Waals surface area contributed by atoms with E-state index in [2.05, 4.69) is 13.8 Å². The Morgan fingerprint density at radius 3 is 1.52 bits per heavy atom. The van der Waals surface area contributed by atoms with Gasteiger partial charge in [0.1, 0.15) is 11.5 Å². The molecule has 0 amide bonds. The van der Waals surface area contributed by atoms with Gasteiger partial charge in [-0.3, -0.25) is 9.59 Å². The molecule has 2 aromatic rings. The standard InChI is InChI=1S/C20H22O4S/c1-5-15-11-17(23-13(3)21)7-9-19(15)25-20-10-8-18(24-14(4)22)12-16(20)6-2/h7-12H,5-6H2,1-4H3. The molecule has 0 bridgehead atoms. The molecule has 2 aromatic carbocycles. The first-order valence-corrected chi connectivity index (χ1v) is 9.05. The first-order valence-electron chi connectivity index (χ1n) is 8.23. The fourth-order valence-electron chi connectivity index (χ4n) is 2.44. The Labute approximate surface area is 152 Å². The van der Waals surface area contributed by atoms with Crippen molar-refractivity contribution >= 4 is 23.7 Å². The van der Waals surface area contributed by atoms with E-state index in [1.807, 2.05) is 36.4 Å². The lowest BCUT2D eigenvalue weighted by atomic mass is 10.1. The molecule has 25 heavy (non-hydrogen) atoms. The van der Waals surface area contributed by atoms with E-state index in [0.717, 1.165) is 33.8 Å². The largest absolute Gasteiger partial charge is 0.427 e. The number of esters is 2. The van der Waals surface area contributed by atoms with Crippen LogP contribution < -0.4 is 9.47 Å². The summed E-state index contributed by atoms with van der Waals surface area (Å²) in [5, 5.41) is 0. The normalized spacial score (nSPS) is 10.4. The van der Waals surface area contributed by atoms with Crippen molar-refractivity contribution in [3.63, 3.8) is 0 Å². The molecule has 0 saturated carbocycles. The molecular formula is C20H22O4S. The Kier molecular flexibility index (Phi) is 6.65. The smallest absolute Gasteiger partial charge is 0.308 e. The van der Waals surface area contributed by atoms with Crippen LogP contribution in [0.2, 0.25) is 0 Å². The topological polar surface area (TPSA) is 52.6 Å². The highest BCUT2D eigenvalue weighted by Crippen LogP contribution is 2.36. The zero-order valence-corrected chi connectivity index (χ0v) is 15.7. The third-order valence-corrected chi connectivity index (χ3v) is 4.81. The summed E-state index contributed by atoms with van der Waals surface area (Å²) in [6, 6.07) is 11.4. The van der Waals surface area contributed by atoms with Crippen LogP contribution in [-0.2, 0) is 22.4 Å². The van der Waals surface area contributed by atoms with E-state index in [-0.39, 0.29) is 11.9 Å². The molecule has 0 aliphatic rings. The lowest BCUT2D eigenvalue weighted by molar-refractivity contribution is -0.132. The van der Waals surface area contributed by atoms with Gasteiger partial charge < -0.3 is 9.47 Å². The molecule has 0 spiro atoms. The minimum Gasteiger partial charge on any atom is -0.427 e. The maximum absolute atomic E-state index is 11.1. The van der Waals surface area contributed by atoms with Crippen molar-refractivity contribution < 1.29 is 19.1 Å². The molecule has 0 aliphatic heterocycles. The van der Waals surface area contributed by atoms with Crippen molar-refractivity contribution in [1.29, 1.82) is 0 Å². The molecule has 5 heteroatoms. The quantitative estimate of drug-likeness (QED) is 0.548. The number of hydrogen-bond acceptors (Lipinski definition) is 5. The second-order valence-corrected chi connectivity index (χ2v) is 6.62. The lowest BCUT2D eigenvalue weighted by Crippen LogP contribution is -2.02. The van der Waals surface area contributed by atoms with Crippen molar-refractivity contribution in [2.45, 2.75) is 50.3 Å². The zero-order chi connectivity index (χ0) is 18.4. The predicted molar refractivity (Wildman–Crippen MR) is 98.4 cm³/mol. The van der Waals surface area contributed by atoms with Gasteiger partial charge in [0.2, 0.25) is 0 Å². The molecule has 0 heterocycles. The summed E-state index contributed by atoms with van der Waals surface area (Å²) in [5.74, 6) is 0.484. The van der Waals surface area contributed by atoms with Gasteiger partial charge in [-0.15, -0.1) is 0 Å². The second kappa shape index (κ2) is 8.72. The van der Waals surface area contributed by atoms with Crippen LogP contribution in [0.5, 0.6) is 11.5 Å². The lowest BCUT2D eigenvalue weighted by Gasteiger charge is -2.13. The Morgan fingerprint density at radius 1 is 0.800 bits per heavy atom. The molecule has 2 rings (SSSR count). The zero-order valence-electron chi connectivity index (χ0n) is 14.9. The van der Waals surface area contributed by atoms with Crippen LogP contribution in [-0.4, -0.2) is 11.9 Å². The van der Waals surface area contributed by atoms with E-state index in [1.54, 1.807) is 11.8 Å². The molecule has 0 N–H and O–H groups in total. The number of carbonyl (C=O) groups excluding carboxylic acids is 2. The van der Waals surface area contributed by atoms with E-state index >= 15 is 0 Å². The summed E-state index contributed by atoms with van der Waals surface area (Å²) in [5.41, 5.74) is 2.24. The van der Waals surface area contributed by atoms with Crippen LogP contribution >= 0.6 is 11.8 Å². The second-order valence-electron chi connectivity index (χ2n) is 5.54. The van der Waals surface area contributed by atoms with E-state index in [9.17, 15) is 9.59 Å². The highest BCUT2D eigenvalue weighted by Gasteiger charge is 2.11. The molecular weight excluding hydrogens is 336 g/mol. The predicted octanol–water partition coefficient (Wildman–Crippen LogP) is 4.81. The van der Waals surface area contributed by atoms with Gasteiger partial charge in [0.25, 0.3) is 0 Å². The van der Waals surface area contributed by atoms with E-state index in [4.69, 9.17) is 9.47 Å². The van der Waals surface area contributed by atoms with E-state index in [1.165, 1.54) is 13.8 Å². The van der Waals surface area contributed by atoms with Gasteiger partial charge in [-0.25, -0.2) is 0 Å². The van der Waals surface area contributed by atoms with Crippen LogP contribution in [0, 0.1) is 0 Å². The highest BCUT2D eigenvalue weighted by molar-refractivity contribution is 7.99. The van der Waals surface area contributed by atoms with Gasteiger partial charge in [0, 0.05) is 23.6 Å². The molecule has 0 atom stereocenters. The van der Waals surface area contributed by atoms with Crippen LogP contribution in [0.15, 0.2) is 46.2 Å². The average Bonchev–Trinajstić information content (AvgIpc) is 2.56. The Hall–Kier alpha value is -2.27. The van der Waals surface area contributed by atoms with E-state index < -0.39 is 0 Å². The number of benzene rings is 2. The van der Waals surface area contributed by atoms with Crippen molar-refractivity contribution in [2.24, 2.45) is 0 Å². The van der Waals surface area contributed by atoms with Gasteiger partial charge in [-0.1, -0.05) is 25.6 Å². The van der Waals surface area contributed by atoms with Crippen LogP contribution in [0.1, 0.15) is 38.8 Å². The molecule has 0 aromatic heterocycles. The summed E-state index contributed by atoms with van der Waals surface area (Å²) in [7, 11) is 0. The molecule has 0 fully saturated rings. The van der Waals surface area contributed by atoms with Crippen LogP contribution in [0.4, 0.5) is 0 Å². The first-order chi connectivity index (χ1) is 11.9. The molecule has 4 nitrogen and oxygen atoms in total. The average molecular weight is 358 g/mol. The number of hydrogen-bond donors (Lipinski definition) is 0. The van der Waals surface area contributed by atoms with E-state index in [0.29, 0.717) is 11.5 Å². The summed E-state index contributed by atoms with van der Waals surface area (Å²) in [6.45, 7) is 6.93. The van der Waals surface area contributed by atoms with Crippen molar-refractivity contribution in [2.75, 3.05) is 0 Å². The SMILES string of the molecule is CCc1cc(OC(C)=O)ccc1Sc1ccc(OC(C)=O)cc1CC. The number of rotatable bonds is 6. The number of ether oxygens (including phenoxy) is 2. The van der Waals surface area contributed by atoms with Gasteiger partial charge >= 0.3 is 11.9 Å². The van der Waals surface area contributed by atoms with Crippen molar-refractivity contribution in [3.8, 4) is 11.5 Å².